The molecule has 3 nitrogen and oxygen atoms in total. The van der Waals surface area contributed by atoms with Gasteiger partial charge < -0.3 is 4.74 Å². The maximum absolute atomic E-state index is 11.6. The van der Waals surface area contributed by atoms with Crippen molar-refractivity contribution in [3.05, 3.63) is 42.5 Å². The summed E-state index contributed by atoms with van der Waals surface area (Å²) in [5.74, 6) is -0.313. The Morgan fingerprint density at radius 1 is 1.44 bits per heavy atom. The number of nitrogens with zero attached hydrogens (tertiary/aromatic N) is 1. The molecule has 4 heteroatoms. The van der Waals surface area contributed by atoms with Crippen molar-refractivity contribution in [1.82, 2.24) is 4.90 Å². The van der Waals surface area contributed by atoms with E-state index in [1.807, 2.05) is 30.3 Å². The lowest BCUT2D eigenvalue weighted by molar-refractivity contribution is -0.128. The molecule has 0 bridgehead atoms. The second-order valence-electron chi connectivity index (χ2n) is 3.19. The van der Waals surface area contributed by atoms with Crippen LogP contribution in [0.5, 0.6) is 0 Å². The largest absolute Gasteiger partial charge is 0.364 e. The molecule has 0 aliphatic rings. The summed E-state index contributed by atoms with van der Waals surface area (Å²) < 4.78 is 4.96. The number of halogens is 1. The molecule has 0 aromatic heterocycles. The van der Waals surface area contributed by atoms with Crippen LogP contribution in [0.1, 0.15) is 5.56 Å². The van der Waals surface area contributed by atoms with Gasteiger partial charge in [-0.2, -0.15) is 0 Å². The van der Waals surface area contributed by atoms with E-state index < -0.39 is 0 Å². The predicted octanol–water partition coefficient (Wildman–Crippen LogP) is 2.33. The van der Waals surface area contributed by atoms with Gasteiger partial charge in [0.1, 0.15) is 12.6 Å². The number of alkyl halides is 1. The molecule has 86 valence electrons. The van der Waals surface area contributed by atoms with Gasteiger partial charge in [0, 0.05) is 12.8 Å². The number of amides is 1. The average molecular weight is 240 g/mol. The monoisotopic (exact) mass is 239 g/mol. The smallest absolute Gasteiger partial charge is 0.243 e. The summed E-state index contributed by atoms with van der Waals surface area (Å²) in [7, 11) is 1.52. The highest BCUT2D eigenvalue weighted by atomic mass is 35.5. The molecular formula is C12H14ClNO2. The fraction of sp³-hybridized carbons (Fsp3) is 0.250. The molecule has 0 radical (unpaired) electrons. The summed E-state index contributed by atoms with van der Waals surface area (Å²) in [6, 6.07) is 9.44. The van der Waals surface area contributed by atoms with Crippen molar-refractivity contribution in [2.75, 3.05) is 19.7 Å². The van der Waals surface area contributed by atoms with Gasteiger partial charge in [0.05, 0.1) is 0 Å². The summed E-state index contributed by atoms with van der Waals surface area (Å²) in [5.41, 5.74) is 1.46. The molecule has 1 aromatic carbocycles. The van der Waals surface area contributed by atoms with Gasteiger partial charge in [0.2, 0.25) is 5.91 Å². The Kier molecular flexibility index (Phi) is 5.02. The van der Waals surface area contributed by atoms with Crippen molar-refractivity contribution in [3.8, 4) is 0 Å². The quantitative estimate of drug-likeness (QED) is 0.583. The number of ether oxygens (including phenoxy) is 1. The van der Waals surface area contributed by atoms with E-state index in [0.717, 1.165) is 5.56 Å². The zero-order valence-corrected chi connectivity index (χ0v) is 9.91. The highest BCUT2D eigenvalue weighted by molar-refractivity contribution is 6.27. The number of hydrogen-bond donors (Lipinski definition) is 0. The summed E-state index contributed by atoms with van der Waals surface area (Å²) in [6.45, 7) is 4.03. The Bertz CT molecular complexity index is 365. The van der Waals surface area contributed by atoms with Gasteiger partial charge in [0.15, 0.2) is 0 Å². The van der Waals surface area contributed by atoms with Gasteiger partial charge in [-0.3, -0.25) is 9.69 Å². The molecule has 0 aliphatic carbocycles. The molecule has 0 N–H and O–H groups in total. The van der Waals surface area contributed by atoms with E-state index >= 15 is 0 Å². The minimum Gasteiger partial charge on any atom is -0.364 e. The SMILES string of the molecule is C=C(c1ccccc1)N(COC)C(=O)CCl. The second kappa shape index (κ2) is 6.30. The number of benzene rings is 1. The van der Waals surface area contributed by atoms with Crippen LogP contribution in [0, 0.1) is 0 Å². The highest BCUT2D eigenvalue weighted by Gasteiger charge is 2.16. The third-order valence-electron chi connectivity index (χ3n) is 2.11. The second-order valence-corrected chi connectivity index (χ2v) is 3.45. The van der Waals surface area contributed by atoms with Gasteiger partial charge in [-0.05, 0) is 5.56 Å². The molecule has 0 spiro atoms. The Labute approximate surface area is 100 Å². The van der Waals surface area contributed by atoms with Crippen molar-refractivity contribution in [1.29, 1.82) is 0 Å². The predicted molar refractivity (Wildman–Crippen MR) is 64.9 cm³/mol. The van der Waals surface area contributed by atoms with Crippen LogP contribution in [0.25, 0.3) is 5.70 Å². The van der Waals surface area contributed by atoms with Crippen molar-refractivity contribution in [2.24, 2.45) is 0 Å². The van der Waals surface area contributed by atoms with Gasteiger partial charge in [-0.15, -0.1) is 11.6 Å². The average Bonchev–Trinajstić information content (AvgIpc) is 2.35. The highest BCUT2D eigenvalue weighted by Crippen LogP contribution is 2.17. The minimum atomic E-state index is -0.225. The lowest BCUT2D eigenvalue weighted by Gasteiger charge is -2.23. The van der Waals surface area contributed by atoms with E-state index in [1.165, 1.54) is 12.0 Å². The van der Waals surface area contributed by atoms with Crippen molar-refractivity contribution in [2.45, 2.75) is 0 Å². The molecule has 16 heavy (non-hydrogen) atoms. The van der Waals surface area contributed by atoms with Crippen LogP contribution in [0.2, 0.25) is 0 Å². The lowest BCUT2D eigenvalue weighted by atomic mass is 10.1. The van der Waals surface area contributed by atoms with Crippen molar-refractivity contribution >= 4 is 23.2 Å². The zero-order chi connectivity index (χ0) is 12.0. The molecule has 0 aliphatic heterocycles. The molecule has 0 fully saturated rings. The molecule has 0 heterocycles. The first kappa shape index (κ1) is 12.7. The van der Waals surface area contributed by atoms with E-state index in [0.29, 0.717) is 5.70 Å². The van der Waals surface area contributed by atoms with Crippen molar-refractivity contribution < 1.29 is 9.53 Å². The first-order valence-corrected chi connectivity index (χ1v) is 5.33. The van der Waals surface area contributed by atoms with Crippen molar-refractivity contribution in [3.63, 3.8) is 0 Å². The van der Waals surface area contributed by atoms with E-state index in [9.17, 15) is 4.79 Å². The summed E-state index contributed by atoms with van der Waals surface area (Å²) in [6.07, 6.45) is 0. The van der Waals surface area contributed by atoms with Crippen LogP contribution in [0.15, 0.2) is 36.9 Å². The van der Waals surface area contributed by atoms with Crippen LogP contribution in [0.3, 0.4) is 0 Å². The number of carbonyl (C=O) groups excluding carboxylic acids is 1. The molecular weight excluding hydrogens is 226 g/mol. The standard InChI is InChI=1S/C12H14ClNO2/c1-10(11-6-4-3-5-7-11)14(9-16-2)12(15)8-13/h3-7H,1,8-9H2,2H3. The molecule has 0 atom stereocenters. The van der Waals surface area contributed by atoms with Crippen LogP contribution in [-0.4, -0.2) is 30.5 Å². The first-order valence-electron chi connectivity index (χ1n) is 4.80. The molecule has 1 amide bonds. The number of rotatable bonds is 5. The third kappa shape index (κ3) is 3.08. The molecule has 1 rings (SSSR count). The van der Waals surface area contributed by atoms with Crippen LogP contribution >= 0.6 is 11.6 Å². The van der Waals surface area contributed by atoms with Crippen LogP contribution in [0.4, 0.5) is 0 Å². The minimum absolute atomic E-state index is 0.0881. The van der Waals surface area contributed by atoms with Gasteiger partial charge >= 0.3 is 0 Å². The van der Waals surface area contributed by atoms with Gasteiger partial charge in [-0.1, -0.05) is 36.9 Å². The Morgan fingerprint density at radius 2 is 2.06 bits per heavy atom. The fourth-order valence-electron chi connectivity index (χ4n) is 1.29. The summed E-state index contributed by atoms with van der Waals surface area (Å²) in [4.78, 5) is 13.0. The van der Waals surface area contributed by atoms with Crippen LogP contribution in [-0.2, 0) is 9.53 Å². The Morgan fingerprint density at radius 3 is 2.56 bits per heavy atom. The van der Waals surface area contributed by atoms with Gasteiger partial charge in [-0.25, -0.2) is 0 Å². The maximum Gasteiger partial charge on any atom is 0.243 e. The molecule has 1 aromatic rings. The summed E-state index contributed by atoms with van der Waals surface area (Å²) >= 11 is 5.53. The van der Waals surface area contributed by atoms with Crippen LogP contribution < -0.4 is 0 Å². The van der Waals surface area contributed by atoms with E-state index in [-0.39, 0.29) is 18.5 Å². The third-order valence-corrected chi connectivity index (χ3v) is 2.34. The maximum atomic E-state index is 11.6. The summed E-state index contributed by atoms with van der Waals surface area (Å²) in [5, 5.41) is 0. The van der Waals surface area contributed by atoms with E-state index in [1.54, 1.807) is 0 Å². The van der Waals surface area contributed by atoms with Gasteiger partial charge in [0.25, 0.3) is 0 Å². The Balaban J connectivity index is 2.87. The molecule has 0 unspecified atom stereocenters. The number of methoxy groups -OCH3 is 1. The normalized spacial score (nSPS) is 9.88. The zero-order valence-electron chi connectivity index (χ0n) is 9.15. The number of carbonyl (C=O) groups is 1. The topological polar surface area (TPSA) is 29.5 Å². The first-order chi connectivity index (χ1) is 7.70. The molecule has 0 saturated heterocycles. The fourth-order valence-corrected chi connectivity index (χ4v) is 1.43. The van der Waals surface area contributed by atoms with E-state index in [4.69, 9.17) is 16.3 Å². The Hall–Kier alpha value is -1.32. The number of hydrogen-bond acceptors (Lipinski definition) is 2. The lowest BCUT2D eigenvalue weighted by Crippen LogP contribution is -2.31. The van der Waals surface area contributed by atoms with E-state index in [2.05, 4.69) is 6.58 Å². The molecule has 0 saturated carbocycles.